The van der Waals surface area contributed by atoms with Crippen molar-refractivity contribution < 1.29 is 13.9 Å². The van der Waals surface area contributed by atoms with Gasteiger partial charge in [-0.1, -0.05) is 6.92 Å². The van der Waals surface area contributed by atoms with Crippen LogP contribution in [0, 0.1) is 5.82 Å². The lowest BCUT2D eigenvalue weighted by Gasteiger charge is -2.26. The van der Waals surface area contributed by atoms with Crippen molar-refractivity contribution in [3.63, 3.8) is 0 Å². The summed E-state index contributed by atoms with van der Waals surface area (Å²) in [4.78, 5) is 0. The molecule has 0 aliphatic rings. The molecule has 17 heavy (non-hydrogen) atoms. The van der Waals surface area contributed by atoms with Gasteiger partial charge in [-0.15, -0.1) is 0 Å². The third-order valence-corrected chi connectivity index (χ3v) is 2.60. The molecule has 0 amide bonds. The molecule has 3 nitrogen and oxygen atoms in total. The van der Waals surface area contributed by atoms with E-state index in [-0.39, 0.29) is 17.0 Å². The Morgan fingerprint density at radius 1 is 1.24 bits per heavy atom. The minimum absolute atomic E-state index is 0.170. The molecule has 0 saturated carbocycles. The highest BCUT2D eigenvalue weighted by Crippen LogP contribution is 2.33. The molecule has 0 unspecified atom stereocenters. The van der Waals surface area contributed by atoms with Gasteiger partial charge in [0.25, 0.3) is 0 Å². The standard InChI is InChI=1S/C13H20FNO2/c1-5-13(3,4)17-12-8-11(16-6-2)9(14)7-10(12)15/h7-8H,5-6,15H2,1-4H3. The van der Waals surface area contributed by atoms with E-state index in [1.54, 1.807) is 6.92 Å². The average Bonchev–Trinajstić information content (AvgIpc) is 2.25. The summed E-state index contributed by atoms with van der Waals surface area (Å²) in [5.41, 5.74) is 5.67. The highest BCUT2D eigenvalue weighted by Gasteiger charge is 2.20. The van der Waals surface area contributed by atoms with Crippen LogP contribution < -0.4 is 15.2 Å². The average molecular weight is 241 g/mol. The Hall–Kier alpha value is -1.45. The first kappa shape index (κ1) is 13.6. The summed E-state index contributed by atoms with van der Waals surface area (Å²) in [5.74, 6) is 0.163. The number of anilines is 1. The van der Waals surface area contributed by atoms with E-state index >= 15 is 0 Å². The summed E-state index contributed by atoms with van der Waals surface area (Å²) in [6.45, 7) is 8.12. The van der Waals surface area contributed by atoms with Crippen LogP contribution in [0.15, 0.2) is 12.1 Å². The molecule has 0 fully saturated rings. The van der Waals surface area contributed by atoms with Crippen molar-refractivity contribution in [1.29, 1.82) is 0 Å². The Labute approximate surface area is 102 Å². The van der Waals surface area contributed by atoms with Gasteiger partial charge in [-0.2, -0.15) is 0 Å². The van der Waals surface area contributed by atoms with Crippen molar-refractivity contribution in [1.82, 2.24) is 0 Å². The minimum atomic E-state index is -0.467. The SMILES string of the molecule is CCOc1cc(OC(C)(C)CC)c(N)cc1F. The first-order valence-corrected chi connectivity index (χ1v) is 5.80. The molecule has 0 spiro atoms. The number of rotatable bonds is 5. The summed E-state index contributed by atoms with van der Waals surface area (Å²) in [6.07, 6.45) is 0.827. The van der Waals surface area contributed by atoms with Gasteiger partial charge in [0.2, 0.25) is 0 Å². The maximum absolute atomic E-state index is 13.5. The fourth-order valence-corrected chi connectivity index (χ4v) is 1.27. The monoisotopic (exact) mass is 241 g/mol. The molecule has 0 aromatic heterocycles. The van der Waals surface area contributed by atoms with E-state index < -0.39 is 5.82 Å². The molecule has 0 radical (unpaired) electrons. The Morgan fingerprint density at radius 3 is 2.41 bits per heavy atom. The van der Waals surface area contributed by atoms with Crippen LogP contribution in [0.1, 0.15) is 34.1 Å². The van der Waals surface area contributed by atoms with E-state index in [0.29, 0.717) is 12.4 Å². The zero-order chi connectivity index (χ0) is 13.1. The number of ether oxygens (including phenoxy) is 2. The van der Waals surface area contributed by atoms with Crippen LogP contribution in [0.2, 0.25) is 0 Å². The van der Waals surface area contributed by atoms with Gasteiger partial charge >= 0.3 is 0 Å². The maximum Gasteiger partial charge on any atom is 0.167 e. The summed E-state index contributed by atoms with van der Waals surface area (Å²) in [7, 11) is 0. The normalized spacial score (nSPS) is 11.4. The van der Waals surface area contributed by atoms with Crippen LogP contribution in [0.4, 0.5) is 10.1 Å². The number of nitrogen functional groups attached to an aromatic ring is 1. The van der Waals surface area contributed by atoms with Gasteiger partial charge in [0, 0.05) is 12.1 Å². The molecule has 2 N–H and O–H groups in total. The van der Waals surface area contributed by atoms with E-state index in [2.05, 4.69) is 0 Å². The Kier molecular flexibility index (Phi) is 4.21. The second-order valence-electron chi connectivity index (χ2n) is 4.47. The highest BCUT2D eigenvalue weighted by molar-refractivity contribution is 5.56. The predicted octanol–water partition coefficient (Wildman–Crippen LogP) is 3.37. The Morgan fingerprint density at radius 2 is 1.88 bits per heavy atom. The minimum Gasteiger partial charge on any atom is -0.491 e. The van der Waals surface area contributed by atoms with Crippen LogP contribution in [0.25, 0.3) is 0 Å². The molecule has 1 rings (SSSR count). The fourth-order valence-electron chi connectivity index (χ4n) is 1.27. The first-order chi connectivity index (χ1) is 7.89. The summed E-state index contributed by atoms with van der Waals surface area (Å²) >= 11 is 0. The molecular weight excluding hydrogens is 221 g/mol. The van der Waals surface area contributed by atoms with Gasteiger partial charge in [-0.05, 0) is 27.2 Å². The molecule has 0 atom stereocenters. The van der Waals surface area contributed by atoms with Crippen molar-refractivity contribution in [2.24, 2.45) is 0 Å². The topological polar surface area (TPSA) is 44.5 Å². The predicted molar refractivity (Wildman–Crippen MR) is 67.0 cm³/mol. The van der Waals surface area contributed by atoms with Crippen molar-refractivity contribution >= 4 is 5.69 Å². The molecule has 0 heterocycles. The van der Waals surface area contributed by atoms with Gasteiger partial charge in [-0.25, -0.2) is 4.39 Å². The molecular formula is C13H20FNO2. The maximum atomic E-state index is 13.5. The van der Waals surface area contributed by atoms with Gasteiger partial charge in [0.15, 0.2) is 11.6 Å². The van der Waals surface area contributed by atoms with Crippen LogP contribution >= 0.6 is 0 Å². The van der Waals surface area contributed by atoms with Crippen molar-refractivity contribution in [2.75, 3.05) is 12.3 Å². The third-order valence-electron chi connectivity index (χ3n) is 2.60. The zero-order valence-corrected chi connectivity index (χ0v) is 10.8. The number of halogens is 1. The molecule has 0 aliphatic carbocycles. The molecule has 0 aliphatic heterocycles. The van der Waals surface area contributed by atoms with Gasteiger partial charge in [0.1, 0.15) is 11.4 Å². The first-order valence-electron chi connectivity index (χ1n) is 5.80. The molecule has 1 aromatic rings. The van der Waals surface area contributed by atoms with Gasteiger partial charge in [-0.3, -0.25) is 0 Å². The largest absolute Gasteiger partial charge is 0.491 e. The second kappa shape index (κ2) is 5.25. The lowest BCUT2D eigenvalue weighted by molar-refractivity contribution is 0.105. The molecule has 96 valence electrons. The van der Waals surface area contributed by atoms with Gasteiger partial charge < -0.3 is 15.2 Å². The van der Waals surface area contributed by atoms with E-state index in [1.165, 1.54) is 12.1 Å². The van der Waals surface area contributed by atoms with Crippen LogP contribution in [0.3, 0.4) is 0 Å². The van der Waals surface area contributed by atoms with Crippen molar-refractivity contribution in [3.05, 3.63) is 17.9 Å². The molecule has 4 heteroatoms. The number of hydrogen-bond donors (Lipinski definition) is 1. The smallest absolute Gasteiger partial charge is 0.167 e. The summed E-state index contributed by atoms with van der Waals surface area (Å²) < 4.78 is 24.4. The second-order valence-corrected chi connectivity index (χ2v) is 4.47. The lowest BCUT2D eigenvalue weighted by atomic mass is 10.1. The Balaban J connectivity index is 3.03. The quantitative estimate of drug-likeness (QED) is 0.804. The summed E-state index contributed by atoms with van der Waals surface area (Å²) in [5, 5.41) is 0. The van der Waals surface area contributed by atoms with Crippen LogP contribution in [-0.4, -0.2) is 12.2 Å². The van der Waals surface area contributed by atoms with E-state index in [0.717, 1.165) is 6.42 Å². The van der Waals surface area contributed by atoms with Crippen LogP contribution in [0.5, 0.6) is 11.5 Å². The Bertz CT molecular complexity index is 391. The zero-order valence-electron chi connectivity index (χ0n) is 10.8. The summed E-state index contributed by atoms with van der Waals surface area (Å²) in [6, 6.07) is 2.73. The third kappa shape index (κ3) is 3.51. The molecule has 0 saturated heterocycles. The van der Waals surface area contributed by atoms with Gasteiger partial charge in [0.05, 0.1) is 12.3 Å². The molecule has 0 bridgehead atoms. The fraction of sp³-hybridized carbons (Fsp3) is 0.538. The van der Waals surface area contributed by atoms with Crippen LogP contribution in [-0.2, 0) is 0 Å². The highest BCUT2D eigenvalue weighted by atomic mass is 19.1. The van der Waals surface area contributed by atoms with Crippen molar-refractivity contribution in [3.8, 4) is 11.5 Å². The van der Waals surface area contributed by atoms with E-state index in [4.69, 9.17) is 15.2 Å². The molecule has 1 aromatic carbocycles. The van der Waals surface area contributed by atoms with E-state index in [1.807, 2.05) is 20.8 Å². The number of hydrogen-bond acceptors (Lipinski definition) is 3. The van der Waals surface area contributed by atoms with Crippen molar-refractivity contribution in [2.45, 2.75) is 39.7 Å². The lowest BCUT2D eigenvalue weighted by Crippen LogP contribution is -2.27. The number of benzene rings is 1. The number of nitrogens with two attached hydrogens (primary N) is 1. The van der Waals surface area contributed by atoms with E-state index in [9.17, 15) is 4.39 Å².